The first kappa shape index (κ1) is 12.1. The van der Waals surface area contributed by atoms with Crippen LogP contribution in [-0.4, -0.2) is 18.0 Å². The lowest BCUT2D eigenvalue weighted by Gasteiger charge is -2.17. The Labute approximate surface area is 121 Å². The quantitative estimate of drug-likeness (QED) is 0.753. The van der Waals surface area contributed by atoms with Gasteiger partial charge in [0.1, 0.15) is 5.76 Å². The van der Waals surface area contributed by atoms with Gasteiger partial charge in [-0.3, -0.25) is 9.59 Å². The number of ketones is 1. The Morgan fingerprint density at radius 1 is 1.19 bits per heavy atom. The minimum atomic E-state index is -0.707. The molecule has 2 aliphatic rings. The molecule has 21 heavy (non-hydrogen) atoms. The number of Topliss-reactive ketones (excluding diaryl/α,β-unsaturated/α-hetero) is 1. The van der Waals surface area contributed by atoms with E-state index in [0.29, 0.717) is 23.3 Å². The van der Waals surface area contributed by atoms with Gasteiger partial charge < -0.3 is 9.47 Å². The van der Waals surface area contributed by atoms with Gasteiger partial charge >= 0.3 is 5.97 Å². The SMILES string of the molecule is CC(=O)OC1CC2=C(O1)c1cccc3cccc(c13)C2=O. The van der Waals surface area contributed by atoms with Crippen LogP contribution in [0.25, 0.3) is 16.5 Å². The first-order valence-corrected chi connectivity index (χ1v) is 6.79. The lowest BCUT2D eigenvalue weighted by Crippen LogP contribution is -2.15. The number of rotatable bonds is 1. The maximum Gasteiger partial charge on any atom is 0.305 e. The number of carbonyl (C=O) groups excluding carboxylic acids is 2. The lowest BCUT2D eigenvalue weighted by molar-refractivity contribution is -0.161. The van der Waals surface area contributed by atoms with Crippen molar-refractivity contribution in [2.24, 2.45) is 0 Å². The predicted molar refractivity (Wildman–Crippen MR) is 76.5 cm³/mol. The van der Waals surface area contributed by atoms with Crippen LogP contribution in [0.5, 0.6) is 0 Å². The average Bonchev–Trinajstić information content (AvgIpc) is 2.87. The third-order valence-electron chi connectivity index (χ3n) is 3.86. The van der Waals surface area contributed by atoms with Crippen LogP contribution < -0.4 is 0 Å². The van der Waals surface area contributed by atoms with E-state index in [1.807, 2.05) is 36.4 Å². The molecule has 0 amide bonds. The van der Waals surface area contributed by atoms with Crippen molar-refractivity contribution in [2.75, 3.05) is 0 Å². The van der Waals surface area contributed by atoms with E-state index in [0.717, 1.165) is 16.3 Å². The van der Waals surface area contributed by atoms with E-state index in [1.165, 1.54) is 6.92 Å². The molecule has 104 valence electrons. The van der Waals surface area contributed by atoms with Crippen molar-refractivity contribution in [3.8, 4) is 0 Å². The Morgan fingerprint density at radius 2 is 1.90 bits per heavy atom. The van der Waals surface area contributed by atoms with Crippen LogP contribution in [0.15, 0.2) is 42.0 Å². The highest BCUT2D eigenvalue weighted by Gasteiger charge is 2.37. The molecular formula is C17H12O4. The van der Waals surface area contributed by atoms with Crippen LogP contribution in [0.2, 0.25) is 0 Å². The maximum atomic E-state index is 12.6. The number of hydrogen-bond donors (Lipinski definition) is 0. The highest BCUT2D eigenvalue weighted by molar-refractivity contribution is 6.24. The Hall–Kier alpha value is -2.62. The summed E-state index contributed by atoms with van der Waals surface area (Å²) in [5.41, 5.74) is 2.17. The molecule has 2 aromatic rings. The second-order valence-corrected chi connectivity index (χ2v) is 5.21. The molecule has 4 nitrogen and oxygen atoms in total. The fourth-order valence-electron chi connectivity index (χ4n) is 3.06. The van der Waals surface area contributed by atoms with Crippen molar-refractivity contribution in [3.63, 3.8) is 0 Å². The molecule has 2 aromatic carbocycles. The van der Waals surface area contributed by atoms with E-state index in [2.05, 4.69) is 0 Å². The summed E-state index contributed by atoms with van der Waals surface area (Å²) in [5.74, 6) is 0.0996. The zero-order chi connectivity index (χ0) is 14.6. The standard InChI is InChI=1S/C17H12O4/c1-9(18)20-14-8-13-16(19)11-6-2-4-10-5-3-7-12(15(10)11)17(13)21-14/h2-7,14H,8H2,1H3. The van der Waals surface area contributed by atoms with Gasteiger partial charge in [0.15, 0.2) is 5.78 Å². The molecular weight excluding hydrogens is 268 g/mol. The molecule has 1 atom stereocenters. The molecule has 1 aliphatic heterocycles. The summed E-state index contributed by atoms with van der Waals surface area (Å²) < 4.78 is 10.8. The smallest absolute Gasteiger partial charge is 0.305 e. The average molecular weight is 280 g/mol. The van der Waals surface area contributed by atoms with Crippen LogP contribution >= 0.6 is 0 Å². The van der Waals surface area contributed by atoms with Crippen LogP contribution in [0.3, 0.4) is 0 Å². The van der Waals surface area contributed by atoms with Crippen molar-refractivity contribution in [1.82, 2.24) is 0 Å². The molecule has 0 saturated carbocycles. The molecule has 0 spiro atoms. The van der Waals surface area contributed by atoms with Gasteiger partial charge in [0.25, 0.3) is 0 Å². The number of fused-ring (bicyclic) bond motifs is 1. The Kier molecular flexibility index (Phi) is 2.42. The first-order valence-electron chi connectivity index (χ1n) is 6.79. The Bertz CT molecular complexity index is 827. The Balaban J connectivity index is 1.88. The monoisotopic (exact) mass is 280 g/mol. The second kappa shape index (κ2) is 4.19. The van der Waals surface area contributed by atoms with Gasteiger partial charge in [-0.25, -0.2) is 0 Å². The van der Waals surface area contributed by atoms with E-state index in [-0.39, 0.29) is 5.78 Å². The molecule has 0 N–H and O–H groups in total. The van der Waals surface area contributed by atoms with E-state index in [4.69, 9.17) is 9.47 Å². The van der Waals surface area contributed by atoms with Gasteiger partial charge in [-0.15, -0.1) is 0 Å². The lowest BCUT2D eigenvalue weighted by atomic mass is 9.86. The van der Waals surface area contributed by atoms with Gasteiger partial charge in [-0.1, -0.05) is 36.4 Å². The number of hydrogen-bond acceptors (Lipinski definition) is 4. The van der Waals surface area contributed by atoms with Crippen molar-refractivity contribution in [3.05, 3.63) is 53.1 Å². The van der Waals surface area contributed by atoms with Gasteiger partial charge in [0.2, 0.25) is 6.29 Å². The topological polar surface area (TPSA) is 52.6 Å². The predicted octanol–water partition coefficient (Wildman–Crippen LogP) is 3.06. The van der Waals surface area contributed by atoms with Crippen LogP contribution in [0, 0.1) is 0 Å². The molecule has 1 unspecified atom stereocenters. The van der Waals surface area contributed by atoms with Crippen molar-refractivity contribution >= 4 is 28.3 Å². The van der Waals surface area contributed by atoms with Gasteiger partial charge in [-0.05, 0) is 5.39 Å². The zero-order valence-corrected chi connectivity index (χ0v) is 11.4. The minimum Gasteiger partial charge on any atom is -0.453 e. The fraction of sp³-hybridized carbons (Fsp3) is 0.176. The van der Waals surface area contributed by atoms with Crippen LogP contribution in [-0.2, 0) is 14.3 Å². The Morgan fingerprint density at radius 3 is 2.62 bits per heavy atom. The maximum absolute atomic E-state index is 12.6. The third-order valence-corrected chi connectivity index (χ3v) is 3.86. The minimum absolute atomic E-state index is 0.0380. The summed E-state index contributed by atoms with van der Waals surface area (Å²) in [5, 5.41) is 1.91. The normalized spacial score (nSPS) is 19.5. The summed E-state index contributed by atoms with van der Waals surface area (Å²) in [4.78, 5) is 23.7. The molecule has 4 heteroatoms. The summed E-state index contributed by atoms with van der Waals surface area (Å²) in [6, 6.07) is 11.5. The summed E-state index contributed by atoms with van der Waals surface area (Å²) in [6.45, 7) is 1.33. The highest BCUT2D eigenvalue weighted by atomic mass is 16.7. The summed E-state index contributed by atoms with van der Waals surface area (Å²) in [7, 11) is 0. The third kappa shape index (κ3) is 1.69. The largest absolute Gasteiger partial charge is 0.453 e. The van der Waals surface area contributed by atoms with Crippen molar-refractivity contribution < 1.29 is 19.1 Å². The van der Waals surface area contributed by atoms with Gasteiger partial charge in [0.05, 0.1) is 12.0 Å². The van der Waals surface area contributed by atoms with E-state index < -0.39 is 12.3 Å². The molecule has 0 radical (unpaired) electrons. The van der Waals surface area contributed by atoms with Gasteiger partial charge in [-0.2, -0.15) is 0 Å². The van der Waals surface area contributed by atoms with Crippen molar-refractivity contribution in [1.29, 1.82) is 0 Å². The van der Waals surface area contributed by atoms with Crippen LogP contribution in [0.1, 0.15) is 29.3 Å². The molecule has 0 saturated heterocycles. The summed E-state index contributed by atoms with van der Waals surface area (Å²) >= 11 is 0. The molecule has 1 aliphatic carbocycles. The zero-order valence-electron chi connectivity index (χ0n) is 11.4. The molecule has 0 bridgehead atoms. The van der Waals surface area contributed by atoms with E-state index >= 15 is 0 Å². The molecule has 4 rings (SSSR count). The van der Waals surface area contributed by atoms with E-state index in [9.17, 15) is 9.59 Å². The number of ether oxygens (including phenoxy) is 2. The number of carbonyl (C=O) groups is 2. The van der Waals surface area contributed by atoms with Crippen molar-refractivity contribution in [2.45, 2.75) is 19.6 Å². The number of benzene rings is 2. The highest BCUT2D eigenvalue weighted by Crippen LogP contribution is 2.43. The second-order valence-electron chi connectivity index (χ2n) is 5.21. The first-order chi connectivity index (χ1) is 10.1. The molecule has 1 heterocycles. The van der Waals surface area contributed by atoms with Gasteiger partial charge in [0, 0.05) is 23.4 Å². The van der Waals surface area contributed by atoms with E-state index in [1.54, 1.807) is 0 Å². The molecule has 0 fully saturated rings. The number of esters is 1. The summed E-state index contributed by atoms with van der Waals surface area (Å²) in [6.07, 6.45) is -0.403. The van der Waals surface area contributed by atoms with Crippen LogP contribution in [0.4, 0.5) is 0 Å². The fourth-order valence-corrected chi connectivity index (χ4v) is 3.06. The molecule has 0 aromatic heterocycles.